The first kappa shape index (κ1) is 18.8. The molecule has 140 valence electrons. The molecule has 1 unspecified atom stereocenters. The standard InChI is InChI=1S/C21H25N5O/c1-15-13-20(25-21(24-15)17-9-11-22-12-10-17)23-14-19(26(2)3)16-5-7-18(27-4)8-6-16/h5-13,19H,14H2,1-4H3,(H,23,24,25). The molecule has 6 heteroatoms. The first-order valence-electron chi connectivity index (χ1n) is 8.87. The normalized spacial score (nSPS) is 12.0. The molecule has 27 heavy (non-hydrogen) atoms. The highest BCUT2D eigenvalue weighted by atomic mass is 16.5. The van der Waals surface area contributed by atoms with Crippen molar-refractivity contribution in [2.45, 2.75) is 13.0 Å². The molecule has 0 spiro atoms. The van der Waals surface area contributed by atoms with E-state index in [0.29, 0.717) is 5.82 Å². The molecule has 1 aromatic carbocycles. The third-order valence-corrected chi connectivity index (χ3v) is 4.39. The van der Waals surface area contributed by atoms with Gasteiger partial charge in [-0.2, -0.15) is 0 Å². The van der Waals surface area contributed by atoms with E-state index in [0.717, 1.165) is 29.4 Å². The van der Waals surface area contributed by atoms with Gasteiger partial charge in [-0.15, -0.1) is 0 Å². The van der Waals surface area contributed by atoms with Crippen LogP contribution in [0.4, 0.5) is 5.82 Å². The van der Waals surface area contributed by atoms with Crippen molar-refractivity contribution in [2.75, 3.05) is 33.1 Å². The second-order valence-electron chi connectivity index (χ2n) is 6.59. The van der Waals surface area contributed by atoms with E-state index in [2.05, 4.69) is 51.4 Å². The molecule has 1 N–H and O–H groups in total. The van der Waals surface area contributed by atoms with E-state index < -0.39 is 0 Å². The fourth-order valence-corrected chi connectivity index (χ4v) is 2.92. The van der Waals surface area contributed by atoms with Crippen LogP contribution in [0.3, 0.4) is 0 Å². The number of rotatable bonds is 7. The Labute approximate surface area is 160 Å². The van der Waals surface area contributed by atoms with E-state index in [4.69, 9.17) is 4.74 Å². The van der Waals surface area contributed by atoms with Crippen molar-refractivity contribution in [3.05, 3.63) is 66.1 Å². The number of benzene rings is 1. The Morgan fingerprint density at radius 3 is 2.37 bits per heavy atom. The number of methoxy groups -OCH3 is 1. The number of ether oxygens (including phenoxy) is 1. The van der Waals surface area contributed by atoms with Crippen LogP contribution in [0.2, 0.25) is 0 Å². The average Bonchev–Trinajstić information content (AvgIpc) is 2.68. The molecule has 0 saturated carbocycles. The lowest BCUT2D eigenvalue weighted by molar-refractivity contribution is 0.311. The van der Waals surface area contributed by atoms with Crippen molar-refractivity contribution in [2.24, 2.45) is 0 Å². The van der Waals surface area contributed by atoms with Crippen molar-refractivity contribution in [3.63, 3.8) is 0 Å². The van der Waals surface area contributed by atoms with Crippen LogP contribution in [0.15, 0.2) is 54.9 Å². The van der Waals surface area contributed by atoms with Gasteiger partial charge in [-0.1, -0.05) is 12.1 Å². The van der Waals surface area contributed by atoms with Crippen LogP contribution in [-0.2, 0) is 0 Å². The first-order chi connectivity index (χ1) is 13.1. The zero-order valence-electron chi connectivity index (χ0n) is 16.2. The first-order valence-corrected chi connectivity index (χ1v) is 8.87. The Balaban J connectivity index is 1.78. The molecule has 0 radical (unpaired) electrons. The third-order valence-electron chi connectivity index (χ3n) is 4.39. The van der Waals surface area contributed by atoms with Gasteiger partial charge in [0.05, 0.1) is 13.2 Å². The summed E-state index contributed by atoms with van der Waals surface area (Å²) in [4.78, 5) is 15.5. The summed E-state index contributed by atoms with van der Waals surface area (Å²) in [6.07, 6.45) is 3.50. The van der Waals surface area contributed by atoms with Crippen LogP contribution in [0.5, 0.6) is 5.75 Å². The molecular formula is C21H25N5O. The number of hydrogen-bond acceptors (Lipinski definition) is 6. The Morgan fingerprint density at radius 1 is 1.04 bits per heavy atom. The van der Waals surface area contributed by atoms with Gasteiger partial charge in [0.25, 0.3) is 0 Å². The second kappa shape index (κ2) is 8.60. The molecular weight excluding hydrogens is 338 g/mol. The number of anilines is 1. The van der Waals surface area contributed by atoms with E-state index in [1.165, 1.54) is 5.56 Å². The maximum atomic E-state index is 5.26. The third kappa shape index (κ3) is 4.80. The highest BCUT2D eigenvalue weighted by Gasteiger charge is 2.15. The number of pyridine rings is 1. The number of nitrogens with one attached hydrogen (secondary N) is 1. The second-order valence-corrected chi connectivity index (χ2v) is 6.59. The Hall–Kier alpha value is -2.99. The average molecular weight is 363 g/mol. The van der Waals surface area contributed by atoms with Crippen molar-refractivity contribution in [1.82, 2.24) is 19.9 Å². The monoisotopic (exact) mass is 363 g/mol. The van der Waals surface area contributed by atoms with E-state index in [1.807, 2.05) is 37.3 Å². The van der Waals surface area contributed by atoms with Gasteiger partial charge in [0, 0.05) is 36.3 Å². The lowest BCUT2D eigenvalue weighted by Gasteiger charge is -2.25. The molecule has 1 atom stereocenters. The van der Waals surface area contributed by atoms with Gasteiger partial charge in [-0.05, 0) is 50.8 Å². The Morgan fingerprint density at radius 2 is 1.74 bits per heavy atom. The molecule has 0 aliphatic heterocycles. The summed E-state index contributed by atoms with van der Waals surface area (Å²) in [7, 11) is 5.83. The highest BCUT2D eigenvalue weighted by molar-refractivity contribution is 5.56. The van der Waals surface area contributed by atoms with Crippen molar-refractivity contribution in [1.29, 1.82) is 0 Å². The molecule has 0 amide bonds. The summed E-state index contributed by atoms with van der Waals surface area (Å²) >= 11 is 0. The summed E-state index contributed by atoms with van der Waals surface area (Å²) < 4.78 is 5.26. The Bertz CT molecular complexity index is 866. The van der Waals surface area contributed by atoms with Gasteiger partial charge < -0.3 is 15.0 Å². The minimum absolute atomic E-state index is 0.204. The smallest absolute Gasteiger partial charge is 0.161 e. The number of nitrogens with zero attached hydrogens (tertiary/aromatic N) is 4. The molecule has 0 saturated heterocycles. The zero-order chi connectivity index (χ0) is 19.2. The maximum Gasteiger partial charge on any atom is 0.161 e. The maximum absolute atomic E-state index is 5.26. The largest absolute Gasteiger partial charge is 0.497 e. The molecule has 0 bridgehead atoms. The summed E-state index contributed by atoms with van der Waals surface area (Å²) in [5.41, 5.74) is 3.09. The number of likely N-dealkylation sites (N-methyl/N-ethyl adjacent to an activating group) is 1. The molecule has 3 aromatic rings. The van der Waals surface area contributed by atoms with E-state index in [9.17, 15) is 0 Å². The predicted octanol–water partition coefficient (Wildman–Crippen LogP) is 3.57. The molecule has 0 fully saturated rings. The van der Waals surface area contributed by atoms with Crippen LogP contribution in [0.25, 0.3) is 11.4 Å². The minimum atomic E-state index is 0.204. The van der Waals surface area contributed by atoms with Gasteiger partial charge in [-0.3, -0.25) is 4.98 Å². The van der Waals surface area contributed by atoms with Gasteiger partial charge in [0.2, 0.25) is 0 Å². The van der Waals surface area contributed by atoms with Crippen LogP contribution >= 0.6 is 0 Å². The summed E-state index contributed by atoms with van der Waals surface area (Å²) in [5.74, 6) is 2.37. The van der Waals surface area contributed by atoms with Gasteiger partial charge in [0.1, 0.15) is 11.6 Å². The lowest BCUT2D eigenvalue weighted by atomic mass is 10.1. The predicted molar refractivity (Wildman–Crippen MR) is 108 cm³/mol. The van der Waals surface area contributed by atoms with E-state index >= 15 is 0 Å². The molecule has 2 heterocycles. The van der Waals surface area contributed by atoms with Crippen LogP contribution in [-0.4, -0.2) is 47.6 Å². The fraction of sp³-hybridized carbons (Fsp3) is 0.286. The van der Waals surface area contributed by atoms with Crippen LogP contribution in [0, 0.1) is 6.92 Å². The fourth-order valence-electron chi connectivity index (χ4n) is 2.92. The van der Waals surface area contributed by atoms with E-state index in [-0.39, 0.29) is 6.04 Å². The Kier molecular flexibility index (Phi) is 5.98. The molecule has 0 aliphatic rings. The van der Waals surface area contributed by atoms with Gasteiger partial charge in [-0.25, -0.2) is 9.97 Å². The van der Waals surface area contributed by atoms with Gasteiger partial charge >= 0.3 is 0 Å². The molecule has 6 nitrogen and oxygen atoms in total. The van der Waals surface area contributed by atoms with Crippen LogP contribution in [0.1, 0.15) is 17.3 Å². The number of hydrogen-bond donors (Lipinski definition) is 1. The van der Waals surface area contributed by atoms with Gasteiger partial charge in [0.15, 0.2) is 5.82 Å². The molecule has 0 aliphatic carbocycles. The zero-order valence-corrected chi connectivity index (χ0v) is 16.2. The summed E-state index contributed by atoms with van der Waals surface area (Å²) in [6.45, 7) is 2.70. The highest BCUT2D eigenvalue weighted by Crippen LogP contribution is 2.23. The lowest BCUT2D eigenvalue weighted by Crippen LogP contribution is -2.27. The van der Waals surface area contributed by atoms with Crippen LogP contribution < -0.4 is 10.1 Å². The topological polar surface area (TPSA) is 63.2 Å². The quantitative estimate of drug-likeness (QED) is 0.692. The summed E-state index contributed by atoms with van der Waals surface area (Å²) in [6, 6.07) is 14.2. The van der Waals surface area contributed by atoms with Crippen molar-refractivity contribution < 1.29 is 4.74 Å². The number of aryl methyl sites for hydroxylation is 1. The SMILES string of the molecule is COc1ccc(C(CNc2cc(C)nc(-c3ccncc3)n2)N(C)C)cc1. The molecule has 3 rings (SSSR count). The minimum Gasteiger partial charge on any atom is -0.497 e. The van der Waals surface area contributed by atoms with Crippen molar-refractivity contribution >= 4 is 5.82 Å². The molecule has 2 aromatic heterocycles. The summed E-state index contributed by atoms with van der Waals surface area (Å²) in [5, 5.41) is 3.46. The van der Waals surface area contributed by atoms with E-state index in [1.54, 1.807) is 19.5 Å². The number of aromatic nitrogens is 3. The van der Waals surface area contributed by atoms with Crippen molar-refractivity contribution in [3.8, 4) is 17.1 Å².